The van der Waals surface area contributed by atoms with E-state index in [1.165, 1.54) is 11.1 Å². The molecule has 0 radical (unpaired) electrons. The first-order chi connectivity index (χ1) is 7.97. The molecule has 0 unspecified atom stereocenters. The van der Waals surface area contributed by atoms with Crippen molar-refractivity contribution in [3.8, 4) is 11.3 Å². The number of rotatable bonds is 1. The smallest absolute Gasteiger partial charge is 0.220 e. The Kier molecular flexibility index (Phi) is 3.33. The van der Waals surface area contributed by atoms with Crippen LogP contribution in [0.2, 0.25) is 0 Å². The lowest BCUT2D eigenvalue weighted by atomic mass is 10.0. The maximum absolute atomic E-state index is 5.72. The van der Waals surface area contributed by atoms with E-state index in [1.807, 2.05) is 6.92 Å². The average molecular weight is 339 g/mol. The number of aromatic nitrogens is 2. The molecule has 1 aromatic heterocycles. The van der Waals surface area contributed by atoms with E-state index < -0.39 is 0 Å². The molecule has 2 N–H and O–H groups in total. The lowest BCUT2D eigenvalue weighted by Gasteiger charge is -2.09. The highest BCUT2D eigenvalue weighted by Crippen LogP contribution is 2.27. The van der Waals surface area contributed by atoms with Crippen molar-refractivity contribution in [3.63, 3.8) is 0 Å². The van der Waals surface area contributed by atoms with Crippen molar-refractivity contribution >= 4 is 28.5 Å². The number of benzene rings is 1. The third-order valence-electron chi connectivity index (χ3n) is 2.53. The molecule has 3 nitrogen and oxygen atoms in total. The maximum Gasteiger partial charge on any atom is 0.220 e. The predicted molar refractivity (Wildman–Crippen MR) is 78.8 cm³/mol. The summed E-state index contributed by atoms with van der Waals surface area (Å²) >= 11 is 2.27. The molecule has 2 rings (SSSR count). The Morgan fingerprint density at radius 3 is 2.18 bits per heavy atom. The summed E-state index contributed by atoms with van der Waals surface area (Å²) in [5, 5.41) is 0. The van der Waals surface area contributed by atoms with Crippen molar-refractivity contribution in [2.75, 3.05) is 5.73 Å². The van der Waals surface area contributed by atoms with Crippen molar-refractivity contribution in [1.82, 2.24) is 9.97 Å². The van der Waals surface area contributed by atoms with E-state index in [0.29, 0.717) is 5.95 Å². The van der Waals surface area contributed by atoms with Gasteiger partial charge in [-0.15, -0.1) is 0 Å². The Morgan fingerprint density at radius 2 is 1.59 bits per heavy atom. The second-order valence-corrected chi connectivity index (χ2v) is 5.28. The number of halogens is 1. The molecule has 0 bridgehead atoms. The number of nitrogens with zero attached hydrogens (tertiary/aromatic N) is 2. The monoisotopic (exact) mass is 339 g/mol. The van der Waals surface area contributed by atoms with E-state index in [0.717, 1.165) is 20.5 Å². The van der Waals surface area contributed by atoms with Crippen LogP contribution in [-0.2, 0) is 0 Å². The molecule has 0 aliphatic heterocycles. The molecule has 0 atom stereocenters. The van der Waals surface area contributed by atoms with Crippen LogP contribution in [0.3, 0.4) is 0 Å². The molecular weight excluding hydrogens is 325 g/mol. The van der Waals surface area contributed by atoms with Gasteiger partial charge in [0.15, 0.2) is 0 Å². The lowest BCUT2D eigenvalue weighted by Crippen LogP contribution is -2.02. The standard InChI is InChI=1S/C13H14IN3/c1-7-4-8(2)6-10(5-7)12-11(14)9(3)16-13(15)17-12/h4-6H,1-3H3,(H2,15,16,17). The van der Waals surface area contributed by atoms with Crippen molar-refractivity contribution in [1.29, 1.82) is 0 Å². The van der Waals surface area contributed by atoms with Crippen LogP contribution in [0.25, 0.3) is 11.3 Å². The maximum atomic E-state index is 5.72. The summed E-state index contributed by atoms with van der Waals surface area (Å²) in [6, 6.07) is 6.39. The summed E-state index contributed by atoms with van der Waals surface area (Å²) in [5.74, 6) is 0.331. The van der Waals surface area contributed by atoms with Crippen LogP contribution in [0.1, 0.15) is 16.8 Å². The second-order valence-electron chi connectivity index (χ2n) is 4.21. The van der Waals surface area contributed by atoms with Gasteiger partial charge in [-0.3, -0.25) is 0 Å². The Bertz CT molecular complexity index is 559. The lowest BCUT2D eigenvalue weighted by molar-refractivity contribution is 1.10. The summed E-state index contributed by atoms with van der Waals surface area (Å²) in [6.45, 7) is 6.12. The molecule has 1 aromatic carbocycles. The summed E-state index contributed by atoms with van der Waals surface area (Å²) < 4.78 is 1.06. The highest BCUT2D eigenvalue weighted by atomic mass is 127. The number of nitrogens with two attached hydrogens (primary N) is 1. The zero-order valence-corrected chi connectivity index (χ0v) is 12.2. The largest absolute Gasteiger partial charge is 0.368 e. The third-order valence-corrected chi connectivity index (χ3v) is 3.82. The molecule has 0 saturated heterocycles. The van der Waals surface area contributed by atoms with Gasteiger partial charge in [-0.2, -0.15) is 0 Å². The van der Waals surface area contributed by atoms with Gasteiger partial charge in [0.05, 0.1) is 15.0 Å². The van der Waals surface area contributed by atoms with Crippen molar-refractivity contribution < 1.29 is 0 Å². The molecule has 17 heavy (non-hydrogen) atoms. The Balaban J connectivity index is 2.67. The summed E-state index contributed by atoms with van der Waals surface area (Å²) in [7, 11) is 0. The molecule has 2 aromatic rings. The quantitative estimate of drug-likeness (QED) is 0.812. The molecule has 0 spiro atoms. The molecule has 0 aliphatic carbocycles. The van der Waals surface area contributed by atoms with E-state index in [-0.39, 0.29) is 0 Å². The van der Waals surface area contributed by atoms with Crippen LogP contribution < -0.4 is 5.73 Å². The van der Waals surface area contributed by atoms with Gasteiger partial charge in [-0.25, -0.2) is 9.97 Å². The molecule has 0 amide bonds. The predicted octanol–water partition coefficient (Wildman–Crippen LogP) is 3.26. The molecular formula is C13H14IN3. The molecule has 0 fully saturated rings. The number of aryl methyl sites for hydroxylation is 3. The van der Waals surface area contributed by atoms with Gasteiger partial charge in [0.2, 0.25) is 5.95 Å². The molecule has 1 heterocycles. The van der Waals surface area contributed by atoms with Gasteiger partial charge < -0.3 is 5.73 Å². The first kappa shape index (κ1) is 12.3. The van der Waals surface area contributed by atoms with Crippen molar-refractivity contribution in [2.45, 2.75) is 20.8 Å². The van der Waals surface area contributed by atoms with E-state index >= 15 is 0 Å². The van der Waals surface area contributed by atoms with Crippen molar-refractivity contribution in [2.24, 2.45) is 0 Å². The Morgan fingerprint density at radius 1 is 1.00 bits per heavy atom. The molecule has 0 saturated carbocycles. The Labute approximate surface area is 115 Å². The highest BCUT2D eigenvalue weighted by molar-refractivity contribution is 14.1. The fraction of sp³-hybridized carbons (Fsp3) is 0.231. The number of hydrogen-bond donors (Lipinski definition) is 1. The third kappa shape index (κ3) is 2.57. The van der Waals surface area contributed by atoms with Gasteiger partial charge in [0, 0.05) is 5.56 Å². The van der Waals surface area contributed by atoms with E-state index in [9.17, 15) is 0 Å². The fourth-order valence-corrected chi connectivity index (χ4v) is 2.44. The number of anilines is 1. The van der Waals surface area contributed by atoms with Crippen LogP contribution >= 0.6 is 22.6 Å². The van der Waals surface area contributed by atoms with Gasteiger partial charge in [0.25, 0.3) is 0 Å². The molecule has 88 valence electrons. The number of nitrogen functional groups attached to an aromatic ring is 1. The van der Waals surface area contributed by atoms with Crippen LogP contribution in [0.15, 0.2) is 18.2 Å². The summed E-state index contributed by atoms with van der Waals surface area (Å²) in [4.78, 5) is 8.51. The highest BCUT2D eigenvalue weighted by Gasteiger charge is 2.10. The zero-order valence-electron chi connectivity index (χ0n) is 10.1. The first-order valence-electron chi connectivity index (χ1n) is 5.35. The van der Waals surface area contributed by atoms with Gasteiger partial charge in [0.1, 0.15) is 0 Å². The average Bonchev–Trinajstić information content (AvgIpc) is 2.22. The van der Waals surface area contributed by atoms with E-state index in [4.69, 9.17) is 5.73 Å². The van der Waals surface area contributed by atoms with Crippen LogP contribution in [0.5, 0.6) is 0 Å². The summed E-state index contributed by atoms with van der Waals surface area (Å²) in [5.41, 5.74) is 11.1. The fourth-order valence-electron chi connectivity index (χ4n) is 1.88. The first-order valence-corrected chi connectivity index (χ1v) is 6.43. The van der Waals surface area contributed by atoms with E-state index in [1.54, 1.807) is 0 Å². The Hall–Kier alpha value is -1.17. The molecule has 4 heteroatoms. The summed E-state index contributed by atoms with van der Waals surface area (Å²) in [6.07, 6.45) is 0. The zero-order chi connectivity index (χ0) is 12.6. The topological polar surface area (TPSA) is 51.8 Å². The van der Waals surface area contributed by atoms with Crippen LogP contribution in [-0.4, -0.2) is 9.97 Å². The minimum absolute atomic E-state index is 0.331. The SMILES string of the molecule is Cc1cc(C)cc(-c2nc(N)nc(C)c2I)c1. The van der Waals surface area contributed by atoms with Gasteiger partial charge in [-0.1, -0.05) is 17.2 Å². The van der Waals surface area contributed by atoms with Crippen molar-refractivity contribution in [3.05, 3.63) is 38.6 Å². The number of hydrogen-bond acceptors (Lipinski definition) is 3. The van der Waals surface area contributed by atoms with Crippen LogP contribution in [0.4, 0.5) is 5.95 Å². The minimum atomic E-state index is 0.331. The second kappa shape index (κ2) is 4.60. The van der Waals surface area contributed by atoms with Gasteiger partial charge in [-0.05, 0) is 55.5 Å². The minimum Gasteiger partial charge on any atom is -0.368 e. The van der Waals surface area contributed by atoms with E-state index in [2.05, 4.69) is 64.6 Å². The normalized spacial score (nSPS) is 10.6. The van der Waals surface area contributed by atoms with Crippen LogP contribution in [0, 0.1) is 24.3 Å². The van der Waals surface area contributed by atoms with Gasteiger partial charge >= 0.3 is 0 Å². The molecule has 0 aliphatic rings.